The third-order valence-electron chi connectivity index (χ3n) is 5.44. The Labute approximate surface area is 209 Å². The van der Waals surface area contributed by atoms with Crippen molar-refractivity contribution in [3.05, 3.63) is 71.8 Å². The van der Waals surface area contributed by atoms with E-state index < -0.39 is 23.6 Å². The van der Waals surface area contributed by atoms with Gasteiger partial charge in [0.15, 0.2) is 0 Å². The Kier molecular flexibility index (Phi) is 7.00. The van der Waals surface area contributed by atoms with Gasteiger partial charge in [-0.25, -0.2) is 14.5 Å². The van der Waals surface area contributed by atoms with E-state index in [1.807, 2.05) is 6.92 Å². The number of aromatic nitrogens is 4. The van der Waals surface area contributed by atoms with E-state index in [1.165, 1.54) is 13.2 Å². The van der Waals surface area contributed by atoms with Crippen LogP contribution in [0.15, 0.2) is 54.9 Å². The van der Waals surface area contributed by atoms with Crippen LogP contribution in [0.3, 0.4) is 0 Å². The normalized spacial score (nSPS) is 11.3. The molecular weight excluding hydrogens is 491 g/mol. The minimum absolute atomic E-state index is 0.0245. The third-order valence-corrected chi connectivity index (χ3v) is 5.44. The Hall–Kier alpha value is -4.61. The molecule has 0 saturated heterocycles. The van der Waals surface area contributed by atoms with Gasteiger partial charge < -0.3 is 19.9 Å². The summed E-state index contributed by atoms with van der Waals surface area (Å²) in [5, 5.41) is 17.6. The molecule has 0 aliphatic rings. The van der Waals surface area contributed by atoms with Crippen molar-refractivity contribution in [2.75, 3.05) is 12.4 Å². The summed E-state index contributed by atoms with van der Waals surface area (Å²) >= 11 is 0. The number of methoxy groups -OCH3 is 1. The number of carboxylic acid groups (broad SMARTS) is 1. The van der Waals surface area contributed by atoms with E-state index in [2.05, 4.69) is 20.0 Å². The summed E-state index contributed by atoms with van der Waals surface area (Å²) < 4.78 is 49.1. The van der Waals surface area contributed by atoms with E-state index in [4.69, 9.17) is 9.84 Å². The van der Waals surface area contributed by atoms with Crippen LogP contribution in [0.25, 0.3) is 16.8 Å². The number of aryl methyl sites for hydroxylation is 2. The number of carbonyl (C=O) groups is 1. The Morgan fingerprint density at radius 2 is 1.86 bits per heavy atom. The van der Waals surface area contributed by atoms with Gasteiger partial charge in [-0.05, 0) is 55.8 Å². The predicted molar refractivity (Wildman–Crippen MR) is 129 cm³/mol. The number of aromatic carboxylic acids is 1. The minimum Gasteiger partial charge on any atom is -0.481 e. The molecule has 4 aromatic rings. The lowest BCUT2D eigenvalue weighted by Gasteiger charge is -2.17. The molecule has 0 saturated carbocycles. The van der Waals surface area contributed by atoms with E-state index in [9.17, 15) is 23.1 Å². The first-order valence-electron chi connectivity index (χ1n) is 11.1. The second-order valence-corrected chi connectivity index (χ2v) is 7.79. The van der Waals surface area contributed by atoms with Crippen molar-refractivity contribution in [1.82, 2.24) is 19.7 Å². The lowest BCUT2D eigenvalue weighted by atomic mass is 10.0. The molecule has 3 aromatic heterocycles. The van der Waals surface area contributed by atoms with Crippen LogP contribution in [0, 0.1) is 6.92 Å². The Balaban J connectivity index is 1.96. The molecule has 37 heavy (non-hydrogen) atoms. The molecule has 12 heteroatoms. The number of ether oxygens (including phenoxy) is 2. The highest BCUT2D eigenvalue weighted by atomic mass is 19.4. The monoisotopic (exact) mass is 513 g/mol. The van der Waals surface area contributed by atoms with Gasteiger partial charge in [0.05, 0.1) is 41.0 Å². The van der Waals surface area contributed by atoms with Crippen molar-refractivity contribution < 1.29 is 32.5 Å². The number of hydrogen-bond acceptors (Lipinski definition) is 7. The lowest BCUT2D eigenvalue weighted by molar-refractivity contribution is -0.274. The van der Waals surface area contributed by atoms with Crippen LogP contribution in [0.2, 0.25) is 0 Å². The van der Waals surface area contributed by atoms with Gasteiger partial charge in [0.2, 0.25) is 5.88 Å². The topological polar surface area (TPSA) is 111 Å². The number of rotatable bonds is 8. The van der Waals surface area contributed by atoms with Crippen molar-refractivity contribution in [2.24, 2.45) is 0 Å². The fourth-order valence-corrected chi connectivity index (χ4v) is 3.86. The van der Waals surface area contributed by atoms with Crippen LogP contribution < -0.4 is 14.8 Å². The predicted octanol–water partition coefficient (Wildman–Crippen LogP) is 5.55. The fourth-order valence-electron chi connectivity index (χ4n) is 3.86. The fraction of sp³-hybridized carbons (Fsp3) is 0.200. The maximum atomic E-state index is 12.7. The molecule has 0 aliphatic heterocycles. The van der Waals surface area contributed by atoms with Crippen molar-refractivity contribution in [3.8, 4) is 28.4 Å². The molecule has 4 rings (SSSR count). The second kappa shape index (κ2) is 10.2. The van der Waals surface area contributed by atoms with Gasteiger partial charge in [-0.1, -0.05) is 6.92 Å². The van der Waals surface area contributed by atoms with Crippen LogP contribution in [0.5, 0.6) is 11.6 Å². The van der Waals surface area contributed by atoms with E-state index in [0.29, 0.717) is 46.3 Å². The molecular formula is C25H22F3N5O4. The third kappa shape index (κ3) is 5.32. The molecule has 0 spiro atoms. The number of anilines is 2. The first-order chi connectivity index (χ1) is 17.6. The quantitative estimate of drug-likeness (QED) is 0.316. The number of nitrogens with one attached hydrogen (secondary N) is 1. The van der Waals surface area contributed by atoms with Crippen LogP contribution >= 0.6 is 0 Å². The van der Waals surface area contributed by atoms with E-state index in [0.717, 1.165) is 12.1 Å². The molecule has 2 N–H and O–H groups in total. The molecule has 0 bridgehead atoms. The van der Waals surface area contributed by atoms with Crippen molar-refractivity contribution in [1.29, 1.82) is 0 Å². The van der Waals surface area contributed by atoms with Crippen molar-refractivity contribution in [2.45, 2.75) is 26.6 Å². The maximum Gasteiger partial charge on any atom is 0.573 e. The average Bonchev–Trinajstić information content (AvgIpc) is 3.21. The molecule has 3 heterocycles. The van der Waals surface area contributed by atoms with E-state index >= 15 is 0 Å². The zero-order chi connectivity index (χ0) is 26.7. The number of carboxylic acids is 1. The lowest BCUT2D eigenvalue weighted by Crippen LogP contribution is -2.17. The second-order valence-electron chi connectivity index (χ2n) is 7.79. The summed E-state index contributed by atoms with van der Waals surface area (Å²) in [6.07, 6.45) is -1.28. The van der Waals surface area contributed by atoms with Gasteiger partial charge in [-0.15, -0.1) is 13.2 Å². The SMILES string of the molecule is CCc1nn(-c2cccnc2C)c(Nc2ccc(OC(F)(F)F)cc2C(=O)O)c1-c1cccnc1OC. The van der Waals surface area contributed by atoms with Gasteiger partial charge >= 0.3 is 12.3 Å². The summed E-state index contributed by atoms with van der Waals surface area (Å²) in [6.45, 7) is 3.70. The maximum absolute atomic E-state index is 12.7. The smallest absolute Gasteiger partial charge is 0.481 e. The zero-order valence-electron chi connectivity index (χ0n) is 20.0. The molecule has 0 aliphatic carbocycles. The molecule has 192 valence electrons. The Morgan fingerprint density at radius 3 is 2.51 bits per heavy atom. The molecule has 9 nitrogen and oxygen atoms in total. The highest BCUT2D eigenvalue weighted by molar-refractivity contribution is 5.97. The van der Waals surface area contributed by atoms with Crippen LogP contribution in [0.4, 0.5) is 24.7 Å². The zero-order valence-corrected chi connectivity index (χ0v) is 20.0. The number of pyridine rings is 2. The van der Waals surface area contributed by atoms with Crippen LogP contribution in [-0.2, 0) is 6.42 Å². The number of hydrogen-bond donors (Lipinski definition) is 2. The number of nitrogens with zero attached hydrogens (tertiary/aromatic N) is 4. The van der Waals surface area contributed by atoms with Gasteiger partial charge in [0, 0.05) is 18.0 Å². The molecule has 0 fully saturated rings. The van der Waals surface area contributed by atoms with Crippen LogP contribution in [0.1, 0.15) is 28.7 Å². The van der Waals surface area contributed by atoms with E-state index in [1.54, 1.807) is 48.3 Å². The Bertz CT molecular complexity index is 1450. The first kappa shape index (κ1) is 25.5. The highest BCUT2D eigenvalue weighted by Gasteiger charge is 2.32. The van der Waals surface area contributed by atoms with Gasteiger partial charge in [0.25, 0.3) is 0 Å². The summed E-state index contributed by atoms with van der Waals surface area (Å²) in [7, 11) is 1.47. The molecule has 0 amide bonds. The summed E-state index contributed by atoms with van der Waals surface area (Å²) in [5.74, 6) is -1.44. The number of alkyl halides is 3. The van der Waals surface area contributed by atoms with Gasteiger partial charge in [-0.2, -0.15) is 5.10 Å². The first-order valence-corrected chi connectivity index (χ1v) is 11.1. The average molecular weight is 513 g/mol. The molecule has 1 aromatic carbocycles. The Morgan fingerprint density at radius 1 is 1.14 bits per heavy atom. The van der Waals surface area contributed by atoms with Crippen molar-refractivity contribution >= 4 is 17.5 Å². The van der Waals surface area contributed by atoms with Crippen LogP contribution in [-0.4, -0.2) is 44.3 Å². The van der Waals surface area contributed by atoms with E-state index in [-0.39, 0.29) is 5.69 Å². The number of benzene rings is 1. The molecule has 0 atom stereocenters. The summed E-state index contributed by atoms with van der Waals surface area (Å²) in [6, 6.07) is 10.1. The van der Waals surface area contributed by atoms with Gasteiger partial charge in [0.1, 0.15) is 11.6 Å². The minimum atomic E-state index is -4.97. The van der Waals surface area contributed by atoms with Gasteiger partial charge in [-0.3, -0.25) is 4.98 Å². The molecule has 0 unspecified atom stereocenters. The summed E-state index contributed by atoms with van der Waals surface area (Å²) in [5.41, 5.74) is 2.67. The molecule has 0 radical (unpaired) electrons. The number of halogens is 3. The standard InChI is InChI=1S/C25H22F3N5O4/c1-4-18-21(16-7-5-12-30-23(16)36-3)22(33(32-18)20-8-6-11-29-14(20)2)31-19-10-9-15(37-25(26,27)28)13-17(19)24(34)35/h5-13,31H,4H2,1-3H3,(H,34,35). The van der Waals surface area contributed by atoms with Crippen molar-refractivity contribution in [3.63, 3.8) is 0 Å². The largest absolute Gasteiger partial charge is 0.573 e. The summed E-state index contributed by atoms with van der Waals surface area (Å²) in [4.78, 5) is 20.6. The highest BCUT2D eigenvalue weighted by Crippen LogP contribution is 2.40.